The standard InChI is InChI=1S/C15H25NO4/c1-5-13(16(6-2)7-3)9-8-12(15(19)20)10-11(4)14(17)18/h8,10,13H,5-7,9H2,1-4H3,(H,17,18)(H,19,20). The lowest BCUT2D eigenvalue weighted by atomic mass is 10.1. The van der Waals surface area contributed by atoms with Crippen LogP contribution in [-0.2, 0) is 9.59 Å². The Bertz CT molecular complexity index is 395. The summed E-state index contributed by atoms with van der Waals surface area (Å²) in [6.07, 6.45) is 4.34. The van der Waals surface area contributed by atoms with Gasteiger partial charge in [-0.05, 0) is 38.9 Å². The molecule has 0 aromatic carbocycles. The van der Waals surface area contributed by atoms with E-state index in [4.69, 9.17) is 10.2 Å². The maximum Gasteiger partial charge on any atom is 0.335 e. The SMILES string of the molecule is CCC(CC=C(C=C(C)C(=O)O)C(=O)O)N(CC)CC. The van der Waals surface area contributed by atoms with Crippen LogP contribution in [0.5, 0.6) is 0 Å². The summed E-state index contributed by atoms with van der Waals surface area (Å²) in [6.45, 7) is 9.42. The lowest BCUT2D eigenvalue weighted by Crippen LogP contribution is -2.34. The van der Waals surface area contributed by atoms with E-state index in [2.05, 4.69) is 25.7 Å². The molecular formula is C15H25NO4. The molecule has 0 saturated carbocycles. The topological polar surface area (TPSA) is 77.8 Å². The Hall–Kier alpha value is -1.62. The van der Waals surface area contributed by atoms with Crippen LogP contribution in [0.25, 0.3) is 0 Å². The number of carbonyl (C=O) groups is 2. The highest BCUT2D eigenvalue weighted by atomic mass is 16.4. The normalized spacial score (nSPS) is 14.4. The molecule has 114 valence electrons. The van der Waals surface area contributed by atoms with Gasteiger partial charge in [-0.1, -0.05) is 26.8 Å². The van der Waals surface area contributed by atoms with E-state index in [1.807, 2.05) is 0 Å². The van der Waals surface area contributed by atoms with Crippen LogP contribution in [0, 0.1) is 0 Å². The van der Waals surface area contributed by atoms with E-state index >= 15 is 0 Å². The number of hydrogen-bond donors (Lipinski definition) is 2. The number of nitrogens with zero attached hydrogens (tertiary/aromatic N) is 1. The van der Waals surface area contributed by atoms with Crippen LogP contribution in [0.3, 0.4) is 0 Å². The zero-order valence-electron chi connectivity index (χ0n) is 12.7. The maximum atomic E-state index is 11.1. The predicted molar refractivity (Wildman–Crippen MR) is 78.7 cm³/mol. The number of aliphatic carboxylic acids is 2. The maximum absolute atomic E-state index is 11.1. The van der Waals surface area contributed by atoms with E-state index in [9.17, 15) is 9.59 Å². The average Bonchev–Trinajstić information content (AvgIpc) is 2.41. The molecule has 1 atom stereocenters. The van der Waals surface area contributed by atoms with Gasteiger partial charge in [-0.15, -0.1) is 0 Å². The first kappa shape index (κ1) is 18.4. The molecule has 0 aromatic rings. The van der Waals surface area contributed by atoms with Crippen LogP contribution in [0.4, 0.5) is 0 Å². The number of carboxylic acid groups (broad SMARTS) is 2. The van der Waals surface area contributed by atoms with Gasteiger partial charge >= 0.3 is 11.9 Å². The highest BCUT2D eigenvalue weighted by molar-refractivity contribution is 5.94. The second-order valence-corrected chi connectivity index (χ2v) is 4.62. The van der Waals surface area contributed by atoms with Gasteiger partial charge in [-0.2, -0.15) is 0 Å². The number of carboxylic acids is 2. The van der Waals surface area contributed by atoms with Crippen molar-refractivity contribution in [2.24, 2.45) is 0 Å². The van der Waals surface area contributed by atoms with Crippen molar-refractivity contribution in [3.8, 4) is 0 Å². The molecule has 2 N–H and O–H groups in total. The molecule has 5 heteroatoms. The summed E-state index contributed by atoms with van der Waals surface area (Å²) in [5.74, 6) is -2.20. The first-order chi connectivity index (χ1) is 9.37. The molecule has 0 bridgehead atoms. The van der Waals surface area contributed by atoms with E-state index in [1.165, 1.54) is 13.0 Å². The van der Waals surface area contributed by atoms with E-state index in [1.54, 1.807) is 6.08 Å². The third-order valence-electron chi connectivity index (χ3n) is 3.37. The number of rotatable bonds is 9. The van der Waals surface area contributed by atoms with E-state index < -0.39 is 11.9 Å². The van der Waals surface area contributed by atoms with Crippen LogP contribution < -0.4 is 0 Å². The van der Waals surface area contributed by atoms with Gasteiger partial charge in [-0.3, -0.25) is 0 Å². The lowest BCUT2D eigenvalue weighted by Gasteiger charge is -2.27. The van der Waals surface area contributed by atoms with Crippen molar-refractivity contribution in [2.45, 2.75) is 46.6 Å². The van der Waals surface area contributed by atoms with Gasteiger partial charge in [0.25, 0.3) is 0 Å². The summed E-state index contributed by atoms with van der Waals surface area (Å²) in [5, 5.41) is 17.9. The highest BCUT2D eigenvalue weighted by Crippen LogP contribution is 2.12. The minimum absolute atomic E-state index is 0.0227. The fraction of sp³-hybridized carbons (Fsp3) is 0.600. The predicted octanol–water partition coefficient (Wildman–Crippen LogP) is 2.54. The molecule has 0 aliphatic rings. The Balaban J connectivity index is 5.07. The third kappa shape index (κ3) is 6.02. The Morgan fingerprint density at radius 2 is 1.65 bits per heavy atom. The smallest absolute Gasteiger partial charge is 0.335 e. The summed E-state index contributed by atoms with van der Waals surface area (Å²) in [7, 11) is 0. The van der Waals surface area contributed by atoms with Crippen molar-refractivity contribution < 1.29 is 19.8 Å². The molecule has 0 heterocycles. The van der Waals surface area contributed by atoms with Crippen LogP contribution in [0.15, 0.2) is 23.3 Å². The third-order valence-corrected chi connectivity index (χ3v) is 3.37. The summed E-state index contributed by atoms with van der Waals surface area (Å²) < 4.78 is 0. The average molecular weight is 283 g/mol. The van der Waals surface area contributed by atoms with Crippen molar-refractivity contribution in [3.05, 3.63) is 23.3 Å². The highest BCUT2D eigenvalue weighted by Gasteiger charge is 2.14. The quantitative estimate of drug-likeness (QED) is 0.502. The second kappa shape index (κ2) is 9.31. The van der Waals surface area contributed by atoms with E-state index in [-0.39, 0.29) is 17.2 Å². The van der Waals surface area contributed by atoms with Gasteiger partial charge in [-0.25, -0.2) is 9.59 Å². The molecule has 5 nitrogen and oxygen atoms in total. The van der Waals surface area contributed by atoms with E-state index in [0.717, 1.165) is 19.5 Å². The molecule has 0 spiro atoms. The fourth-order valence-corrected chi connectivity index (χ4v) is 2.08. The monoisotopic (exact) mass is 283 g/mol. The van der Waals surface area contributed by atoms with Gasteiger partial charge in [0.1, 0.15) is 0 Å². The summed E-state index contributed by atoms with van der Waals surface area (Å²) in [6, 6.07) is 0.276. The van der Waals surface area contributed by atoms with Gasteiger partial charge < -0.3 is 15.1 Å². The fourth-order valence-electron chi connectivity index (χ4n) is 2.08. The molecule has 0 rings (SSSR count). The minimum Gasteiger partial charge on any atom is -0.478 e. The molecular weight excluding hydrogens is 258 g/mol. The molecule has 0 radical (unpaired) electrons. The van der Waals surface area contributed by atoms with Crippen molar-refractivity contribution in [2.75, 3.05) is 13.1 Å². The van der Waals surface area contributed by atoms with Gasteiger partial charge in [0, 0.05) is 11.6 Å². The Kier molecular flexibility index (Phi) is 8.56. The summed E-state index contributed by atoms with van der Waals surface area (Å²) in [4.78, 5) is 24.2. The van der Waals surface area contributed by atoms with Crippen molar-refractivity contribution >= 4 is 11.9 Å². The summed E-state index contributed by atoms with van der Waals surface area (Å²) in [5.41, 5.74) is 0.0602. The van der Waals surface area contributed by atoms with Gasteiger partial charge in [0.2, 0.25) is 0 Å². The van der Waals surface area contributed by atoms with Crippen molar-refractivity contribution in [1.29, 1.82) is 0 Å². The Labute approximate surface area is 120 Å². The lowest BCUT2D eigenvalue weighted by molar-refractivity contribution is -0.132. The zero-order chi connectivity index (χ0) is 15.7. The minimum atomic E-state index is -1.10. The second-order valence-electron chi connectivity index (χ2n) is 4.62. The Morgan fingerprint density at radius 1 is 1.10 bits per heavy atom. The van der Waals surface area contributed by atoms with Crippen molar-refractivity contribution in [3.63, 3.8) is 0 Å². The van der Waals surface area contributed by atoms with Gasteiger partial charge in [0.05, 0.1) is 5.57 Å². The molecule has 1 unspecified atom stereocenters. The first-order valence-corrected chi connectivity index (χ1v) is 6.96. The van der Waals surface area contributed by atoms with Crippen LogP contribution >= 0.6 is 0 Å². The van der Waals surface area contributed by atoms with E-state index in [0.29, 0.717) is 6.42 Å². The molecule has 20 heavy (non-hydrogen) atoms. The number of hydrogen-bond acceptors (Lipinski definition) is 3. The van der Waals surface area contributed by atoms with Gasteiger partial charge in [0.15, 0.2) is 0 Å². The largest absolute Gasteiger partial charge is 0.478 e. The van der Waals surface area contributed by atoms with Crippen LogP contribution in [0.1, 0.15) is 40.5 Å². The molecule has 0 aliphatic heterocycles. The molecule has 0 fully saturated rings. The molecule has 0 aliphatic carbocycles. The Morgan fingerprint density at radius 3 is 2.00 bits per heavy atom. The van der Waals surface area contributed by atoms with Crippen LogP contribution in [-0.4, -0.2) is 46.2 Å². The molecule has 0 amide bonds. The van der Waals surface area contributed by atoms with Crippen LogP contribution in [0.2, 0.25) is 0 Å². The zero-order valence-corrected chi connectivity index (χ0v) is 12.7. The van der Waals surface area contributed by atoms with Crippen molar-refractivity contribution in [1.82, 2.24) is 4.90 Å². The molecule has 0 saturated heterocycles. The molecule has 0 aromatic heterocycles. The summed E-state index contributed by atoms with van der Waals surface area (Å²) >= 11 is 0. The first-order valence-electron chi connectivity index (χ1n) is 6.96.